The van der Waals surface area contributed by atoms with Gasteiger partial charge >= 0.3 is 6.03 Å². The maximum atomic E-state index is 11.9. The summed E-state index contributed by atoms with van der Waals surface area (Å²) in [5.74, 6) is 0.602. The van der Waals surface area contributed by atoms with Crippen LogP contribution in [0, 0.1) is 0 Å². The van der Waals surface area contributed by atoms with E-state index in [9.17, 15) is 13.2 Å². The molecule has 0 radical (unpaired) electrons. The number of carbonyl (C=O) groups is 1. The molecular formula is C13H25N3O3S. The van der Waals surface area contributed by atoms with Gasteiger partial charge in [-0.1, -0.05) is 13.3 Å². The molecule has 2 fully saturated rings. The van der Waals surface area contributed by atoms with Gasteiger partial charge in [0.25, 0.3) is 0 Å². The van der Waals surface area contributed by atoms with E-state index in [1.54, 1.807) is 0 Å². The molecule has 0 saturated carbocycles. The van der Waals surface area contributed by atoms with Gasteiger partial charge in [0.05, 0.1) is 11.5 Å². The number of amides is 2. The lowest BCUT2D eigenvalue weighted by atomic mass is 10.2. The van der Waals surface area contributed by atoms with Crippen LogP contribution in [0.4, 0.5) is 4.79 Å². The van der Waals surface area contributed by atoms with Crippen LogP contribution >= 0.6 is 0 Å². The minimum absolute atomic E-state index is 0.0112. The average molecular weight is 303 g/mol. The summed E-state index contributed by atoms with van der Waals surface area (Å²) in [4.78, 5) is 16.0. The predicted octanol–water partition coefficient (Wildman–Crippen LogP) is 0.301. The normalized spacial score (nSPS) is 26.6. The number of urea groups is 1. The van der Waals surface area contributed by atoms with E-state index in [0.29, 0.717) is 18.8 Å². The first kappa shape index (κ1) is 15.6. The van der Waals surface area contributed by atoms with Crippen LogP contribution in [-0.4, -0.2) is 74.5 Å². The molecule has 0 aliphatic carbocycles. The fourth-order valence-corrected chi connectivity index (χ4v) is 4.60. The van der Waals surface area contributed by atoms with E-state index in [0.717, 1.165) is 38.9 Å². The average Bonchev–Trinajstić information content (AvgIpc) is 2.79. The Balaban J connectivity index is 1.74. The highest BCUT2D eigenvalue weighted by molar-refractivity contribution is 7.91. The van der Waals surface area contributed by atoms with Crippen LogP contribution in [-0.2, 0) is 9.84 Å². The Labute approximate surface area is 121 Å². The number of rotatable bonds is 4. The van der Waals surface area contributed by atoms with E-state index >= 15 is 0 Å². The molecule has 1 atom stereocenters. The molecule has 0 aromatic rings. The van der Waals surface area contributed by atoms with Crippen molar-refractivity contribution >= 4 is 15.9 Å². The summed E-state index contributed by atoms with van der Waals surface area (Å²) in [6.07, 6.45) is 2.82. The van der Waals surface area contributed by atoms with Crippen LogP contribution < -0.4 is 5.32 Å². The molecule has 0 aromatic carbocycles. The van der Waals surface area contributed by atoms with Crippen LogP contribution in [0.2, 0.25) is 0 Å². The lowest BCUT2D eigenvalue weighted by Crippen LogP contribution is -2.54. The van der Waals surface area contributed by atoms with Crippen LogP contribution in [0.5, 0.6) is 0 Å². The van der Waals surface area contributed by atoms with Crippen LogP contribution in [0.1, 0.15) is 26.2 Å². The van der Waals surface area contributed by atoms with Crippen molar-refractivity contribution in [2.45, 2.75) is 32.2 Å². The van der Waals surface area contributed by atoms with Gasteiger partial charge in [-0.25, -0.2) is 13.2 Å². The van der Waals surface area contributed by atoms with Crippen LogP contribution in [0.3, 0.4) is 0 Å². The topological polar surface area (TPSA) is 69.7 Å². The zero-order valence-electron chi connectivity index (χ0n) is 12.2. The van der Waals surface area contributed by atoms with E-state index in [1.807, 2.05) is 4.90 Å². The Morgan fingerprint density at radius 2 is 1.95 bits per heavy atom. The Morgan fingerprint density at radius 3 is 2.50 bits per heavy atom. The zero-order chi connectivity index (χ0) is 14.6. The highest BCUT2D eigenvalue weighted by atomic mass is 32.2. The molecule has 0 aromatic heterocycles. The number of piperazine rings is 1. The highest BCUT2D eigenvalue weighted by Gasteiger charge is 2.34. The summed E-state index contributed by atoms with van der Waals surface area (Å²) in [5.41, 5.74) is 0. The second-order valence-electron chi connectivity index (χ2n) is 5.67. The van der Waals surface area contributed by atoms with Gasteiger partial charge in [-0.2, -0.15) is 0 Å². The van der Waals surface area contributed by atoms with Crippen molar-refractivity contribution in [2.24, 2.45) is 0 Å². The van der Waals surface area contributed by atoms with E-state index < -0.39 is 9.84 Å². The van der Waals surface area contributed by atoms with Gasteiger partial charge in [0.1, 0.15) is 0 Å². The smallest absolute Gasteiger partial charge is 0.317 e. The zero-order valence-corrected chi connectivity index (χ0v) is 13.0. The predicted molar refractivity (Wildman–Crippen MR) is 78.5 cm³/mol. The molecule has 0 spiro atoms. The second-order valence-corrected chi connectivity index (χ2v) is 7.89. The molecule has 2 aliphatic rings. The minimum Gasteiger partial charge on any atom is -0.338 e. The summed E-state index contributed by atoms with van der Waals surface area (Å²) >= 11 is 0. The van der Waals surface area contributed by atoms with E-state index in [1.165, 1.54) is 0 Å². The lowest BCUT2D eigenvalue weighted by molar-refractivity contribution is 0.116. The maximum Gasteiger partial charge on any atom is 0.317 e. The fourth-order valence-electron chi connectivity index (χ4n) is 2.84. The van der Waals surface area contributed by atoms with E-state index in [4.69, 9.17) is 0 Å². The first-order chi connectivity index (χ1) is 9.52. The second kappa shape index (κ2) is 6.76. The molecular weight excluding hydrogens is 278 g/mol. The Bertz CT molecular complexity index is 430. The lowest BCUT2D eigenvalue weighted by Gasteiger charge is -2.37. The Morgan fingerprint density at radius 1 is 1.25 bits per heavy atom. The van der Waals surface area contributed by atoms with Crippen molar-refractivity contribution in [1.82, 2.24) is 15.1 Å². The molecule has 0 bridgehead atoms. The number of hydrogen-bond acceptors (Lipinski definition) is 4. The van der Waals surface area contributed by atoms with Gasteiger partial charge in [0.2, 0.25) is 0 Å². The number of hydrogen-bond donors (Lipinski definition) is 1. The Hall–Kier alpha value is -0.820. The van der Waals surface area contributed by atoms with Gasteiger partial charge < -0.3 is 10.2 Å². The third-order valence-corrected chi connectivity index (χ3v) is 5.88. The number of unbranched alkanes of at least 4 members (excludes halogenated alkanes) is 1. The summed E-state index contributed by atoms with van der Waals surface area (Å²) in [6.45, 7) is 5.77. The Kier molecular flexibility index (Phi) is 5.26. The van der Waals surface area contributed by atoms with Crippen molar-refractivity contribution in [3.63, 3.8) is 0 Å². The SMILES string of the molecule is CCCCNC(=O)N1CCN(C2CCS(=O)(=O)C2)CC1. The molecule has 2 heterocycles. The molecule has 7 heteroatoms. The van der Waals surface area contributed by atoms with Gasteiger partial charge in [-0.3, -0.25) is 4.90 Å². The summed E-state index contributed by atoms with van der Waals surface area (Å²) in [5, 5.41) is 2.92. The molecule has 1 N–H and O–H groups in total. The minimum atomic E-state index is -2.82. The maximum absolute atomic E-state index is 11.9. The summed E-state index contributed by atoms with van der Waals surface area (Å²) < 4.78 is 23.0. The van der Waals surface area contributed by atoms with Crippen molar-refractivity contribution in [2.75, 3.05) is 44.2 Å². The monoisotopic (exact) mass is 303 g/mol. The molecule has 20 heavy (non-hydrogen) atoms. The van der Waals surface area contributed by atoms with Crippen molar-refractivity contribution in [3.05, 3.63) is 0 Å². The quantitative estimate of drug-likeness (QED) is 0.759. The molecule has 116 valence electrons. The number of nitrogens with zero attached hydrogens (tertiary/aromatic N) is 2. The van der Waals surface area contributed by atoms with Gasteiger partial charge in [-0.05, 0) is 12.8 Å². The van der Waals surface area contributed by atoms with Crippen LogP contribution in [0.15, 0.2) is 0 Å². The third-order valence-electron chi connectivity index (χ3n) is 4.13. The van der Waals surface area contributed by atoms with Crippen LogP contribution in [0.25, 0.3) is 0 Å². The number of nitrogens with one attached hydrogen (secondary N) is 1. The molecule has 2 aliphatic heterocycles. The molecule has 6 nitrogen and oxygen atoms in total. The van der Waals surface area contributed by atoms with Crippen molar-refractivity contribution in [1.29, 1.82) is 0 Å². The first-order valence-corrected chi connectivity index (χ1v) is 9.31. The van der Waals surface area contributed by atoms with Gasteiger partial charge in [0, 0.05) is 38.8 Å². The van der Waals surface area contributed by atoms with E-state index in [2.05, 4.69) is 17.1 Å². The fraction of sp³-hybridized carbons (Fsp3) is 0.923. The van der Waals surface area contributed by atoms with E-state index in [-0.39, 0.29) is 17.8 Å². The summed E-state index contributed by atoms with van der Waals surface area (Å²) in [7, 11) is -2.82. The van der Waals surface area contributed by atoms with Crippen molar-refractivity contribution in [3.8, 4) is 0 Å². The number of sulfone groups is 1. The first-order valence-electron chi connectivity index (χ1n) is 7.49. The third kappa shape index (κ3) is 4.09. The molecule has 1 unspecified atom stereocenters. The van der Waals surface area contributed by atoms with Gasteiger partial charge in [0.15, 0.2) is 9.84 Å². The standard InChI is InChI=1S/C13H25N3O3S/c1-2-3-5-14-13(17)16-8-6-15(7-9-16)12-4-10-20(18,19)11-12/h12H,2-11H2,1H3,(H,14,17). The molecule has 2 saturated heterocycles. The summed E-state index contributed by atoms with van der Waals surface area (Å²) in [6, 6.07) is 0.169. The van der Waals surface area contributed by atoms with Crippen molar-refractivity contribution < 1.29 is 13.2 Å². The van der Waals surface area contributed by atoms with Gasteiger partial charge in [-0.15, -0.1) is 0 Å². The number of carbonyl (C=O) groups excluding carboxylic acids is 1. The molecule has 2 amide bonds. The molecule has 2 rings (SSSR count). The highest BCUT2D eigenvalue weighted by Crippen LogP contribution is 2.19. The largest absolute Gasteiger partial charge is 0.338 e.